The summed E-state index contributed by atoms with van der Waals surface area (Å²) in [5.74, 6) is 1.67. The maximum atomic E-state index is 5.69. The van der Waals surface area contributed by atoms with Crippen LogP contribution >= 0.6 is 31.9 Å². The molecule has 0 bridgehead atoms. The van der Waals surface area contributed by atoms with Crippen LogP contribution in [0.15, 0.2) is 16.6 Å². The lowest BCUT2D eigenvalue weighted by atomic mass is 10.0. The van der Waals surface area contributed by atoms with E-state index in [0.717, 1.165) is 47.4 Å². The minimum Gasteiger partial charge on any atom is -0.496 e. The molecule has 1 heterocycles. The lowest BCUT2D eigenvalue weighted by Gasteiger charge is -2.19. The Bertz CT molecular complexity index is 431. The molecule has 1 saturated heterocycles. The second-order valence-electron chi connectivity index (χ2n) is 4.57. The summed E-state index contributed by atoms with van der Waals surface area (Å²) < 4.78 is 17.4. The van der Waals surface area contributed by atoms with Crippen molar-refractivity contribution < 1.29 is 14.2 Å². The van der Waals surface area contributed by atoms with Gasteiger partial charge in [0.05, 0.1) is 24.8 Å². The van der Waals surface area contributed by atoms with Crippen molar-refractivity contribution in [2.24, 2.45) is 0 Å². The Labute approximate surface area is 130 Å². The van der Waals surface area contributed by atoms with E-state index in [-0.39, 0.29) is 4.83 Å². The van der Waals surface area contributed by atoms with Crippen molar-refractivity contribution in [3.8, 4) is 11.5 Å². The molecule has 0 aliphatic carbocycles. The maximum absolute atomic E-state index is 5.69. The number of halogens is 2. The first kappa shape index (κ1) is 15.1. The average molecular weight is 394 g/mol. The van der Waals surface area contributed by atoms with Crippen molar-refractivity contribution >= 4 is 31.9 Å². The Balaban J connectivity index is 2.20. The fourth-order valence-electron chi connectivity index (χ4n) is 2.32. The van der Waals surface area contributed by atoms with Gasteiger partial charge in [0.2, 0.25) is 0 Å². The summed E-state index contributed by atoms with van der Waals surface area (Å²) in [5.41, 5.74) is 1.10. The number of ether oxygens (including phenoxy) is 3. The normalized spacial score (nSPS) is 20.3. The first-order valence-corrected chi connectivity index (χ1v) is 8.03. The third-order valence-electron chi connectivity index (χ3n) is 3.34. The van der Waals surface area contributed by atoms with Crippen molar-refractivity contribution in [1.29, 1.82) is 0 Å². The molecule has 0 spiro atoms. The molecule has 0 amide bonds. The lowest BCUT2D eigenvalue weighted by molar-refractivity contribution is 0.104. The van der Waals surface area contributed by atoms with Gasteiger partial charge in [-0.25, -0.2) is 0 Å². The highest BCUT2D eigenvalue weighted by atomic mass is 79.9. The SMILES string of the molecule is COc1cc(C(Br)CC2CCCO2)c(OC)cc1Br. The summed E-state index contributed by atoms with van der Waals surface area (Å²) in [6.45, 7) is 0.880. The van der Waals surface area contributed by atoms with Crippen molar-refractivity contribution in [1.82, 2.24) is 0 Å². The molecule has 1 aliphatic heterocycles. The molecule has 0 radical (unpaired) electrons. The molecule has 0 saturated carbocycles. The molecule has 1 aromatic carbocycles. The Morgan fingerprint density at radius 3 is 2.63 bits per heavy atom. The zero-order valence-corrected chi connectivity index (χ0v) is 14.3. The number of methoxy groups -OCH3 is 2. The van der Waals surface area contributed by atoms with Crippen LogP contribution in [0.1, 0.15) is 29.7 Å². The van der Waals surface area contributed by atoms with Gasteiger partial charge in [-0.1, -0.05) is 15.9 Å². The number of rotatable bonds is 5. The van der Waals surface area contributed by atoms with E-state index in [1.54, 1.807) is 14.2 Å². The molecule has 3 nitrogen and oxygen atoms in total. The summed E-state index contributed by atoms with van der Waals surface area (Å²) in [6, 6.07) is 3.95. The molecule has 106 valence electrons. The van der Waals surface area contributed by atoms with Crippen molar-refractivity contribution in [3.63, 3.8) is 0 Å². The van der Waals surface area contributed by atoms with E-state index in [0.29, 0.717) is 6.10 Å². The minimum absolute atomic E-state index is 0.201. The summed E-state index contributed by atoms with van der Waals surface area (Å²) in [5, 5.41) is 0. The van der Waals surface area contributed by atoms with E-state index in [4.69, 9.17) is 14.2 Å². The molecule has 2 rings (SSSR count). The summed E-state index contributed by atoms with van der Waals surface area (Å²) in [6.07, 6.45) is 3.58. The zero-order chi connectivity index (χ0) is 13.8. The molecule has 5 heteroatoms. The second-order valence-corrected chi connectivity index (χ2v) is 6.53. The molecule has 0 N–H and O–H groups in total. The van der Waals surface area contributed by atoms with Gasteiger partial charge in [-0.15, -0.1) is 0 Å². The van der Waals surface area contributed by atoms with Gasteiger partial charge < -0.3 is 14.2 Å². The molecule has 1 aliphatic rings. The Morgan fingerprint density at radius 2 is 2.05 bits per heavy atom. The summed E-state index contributed by atoms with van der Waals surface area (Å²) in [7, 11) is 3.35. The minimum atomic E-state index is 0.201. The second kappa shape index (κ2) is 6.95. The molecular weight excluding hydrogens is 376 g/mol. The Hall–Kier alpha value is -0.260. The average Bonchev–Trinajstić information content (AvgIpc) is 2.91. The molecule has 1 aromatic rings. The van der Waals surface area contributed by atoms with Crippen LogP contribution in [0.2, 0.25) is 0 Å². The standard InChI is InChI=1S/C14H18Br2O3/c1-17-13-8-12(16)14(18-2)7-10(13)11(15)6-9-4-3-5-19-9/h7-9,11H,3-6H2,1-2H3. The maximum Gasteiger partial charge on any atom is 0.133 e. The molecular formula is C14H18Br2O3. The van der Waals surface area contributed by atoms with Gasteiger partial charge in [0, 0.05) is 17.0 Å². The Morgan fingerprint density at radius 1 is 1.32 bits per heavy atom. The number of benzene rings is 1. The highest BCUT2D eigenvalue weighted by Crippen LogP contribution is 2.41. The van der Waals surface area contributed by atoms with Gasteiger partial charge >= 0.3 is 0 Å². The third kappa shape index (κ3) is 3.64. The molecule has 1 fully saturated rings. The van der Waals surface area contributed by atoms with Crippen molar-refractivity contribution in [2.75, 3.05) is 20.8 Å². The van der Waals surface area contributed by atoms with Crippen LogP contribution in [0, 0.1) is 0 Å². The van der Waals surface area contributed by atoms with Gasteiger partial charge in [0.1, 0.15) is 11.5 Å². The van der Waals surface area contributed by atoms with Gasteiger partial charge in [0.25, 0.3) is 0 Å². The first-order chi connectivity index (χ1) is 9.15. The predicted molar refractivity (Wildman–Crippen MR) is 82.5 cm³/mol. The fourth-order valence-corrected chi connectivity index (χ4v) is 3.58. The van der Waals surface area contributed by atoms with Crippen LogP contribution in [0.3, 0.4) is 0 Å². The van der Waals surface area contributed by atoms with E-state index in [2.05, 4.69) is 31.9 Å². The highest BCUT2D eigenvalue weighted by molar-refractivity contribution is 9.10. The van der Waals surface area contributed by atoms with Gasteiger partial charge in [-0.3, -0.25) is 0 Å². The monoisotopic (exact) mass is 392 g/mol. The van der Waals surface area contributed by atoms with Crippen molar-refractivity contribution in [2.45, 2.75) is 30.2 Å². The van der Waals surface area contributed by atoms with Gasteiger partial charge in [0.15, 0.2) is 0 Å². The van der Waals surface area contributed by atoms with Crippen LogP contribution in [0.5, 0.6) is 11.5 Å². The van der Waals surface area contributed by atoms with E-state index >= 15 is 0 Å². The molecule has 0 aromatic heterocycles. The lowest BCUT2D eigenvalue weighted by Crippen LogP contribution is -2.09. The predicted octanol–water partition coefficient (Wildman–Crippen LogP) is 4.47. The number of alkyl halides is 1. The number of hydrogen-bond acceptors (Lipinski definition) is 3. The smallest absolute Gasteiger partial charge is 0.133 e. The molecule has 2 atom stereocenters. The van der Waals surface area contributed by atoms with Crippen molar-refractivity contribution in [3.05, 3.63) is 22.2 Å². The third-order valence-corrected chi connectivity index (χ3v) is 4.82. The van der Waals surface area contributed by atoms with Crippen LogP contribution in [-0.2, 0) is 4.74 Å². The fraction of sp³-hybridized carbons (Fsp3) is 0.571. The van der Waals surface area contributed by atoms with Crippen LogP contribution in [0.25, 0.3) is 0 Å². The topological polar surface area (TPSA) is 27.7 Å². The van der Waals surface area contributed by atoms with E-state index in [9.17, 15) is 0 Å². The summed E-state index contributed by atoms with van der Waals surface area (Å²) in [4.78, 5) is 0.201. The summed E-state index contributed by atoms with van der Waals surface area (Å²) >= 11 is 7.22. The first-order valence-electron chi connectivity index (χ1n) is 6.32. The zero-order valence-electron chi connectivity index (χ0n) is 11.1. The quantitative estimate of drug-likeness (QED) is 0.690. The largest absolute Gasteiger partial charge is 0.496 e. The molecule has 2 unspecified atom stereocenters. The number of hydrogen-bond donors (Lipinski definition) is 0. The van der Waals surface area contributed by atoms with Crippen LogP contribution in [0.4, 0.5) is 0 Å². The van der Waals surface area contributed by atoms with Gasteiger partial charge in [-0.05, 0) is 47.3 Å². The van der Waals surface area contributed by atoms with E-state index < -0.39 is 0 Å². The Kier molecular flexibility index (Phi) is 5.54. The van der Waals surface area contributed by atoms with Gasteiger partial charge in [-0.2, -0.15) is 0 Å². The van der Waals surface area contributed by atoms with E-state index in [1.165, 1.54) is 0 Å². The van der Waals surface area contributed by atoms with Crippen LogP contribution in [-0.4, -0.2) is 26.9 Å². The molecule has 19 heavy (non-hydrogen) atoms. The highest BCUT2D eigenvalue weighted by Gasteiger charge is 2.23. The van der Waals surface area contributed by atoms with Crippen LogP contribution < -0.4 is 9.47 Å². The van der Waals surface area contributed by atoms with E-state index in [1.807, 2.05) is 12.1 Å².